The summed E-state index contributed by atoms with van der Waals surface area (Å²) in [7, 11) is 0. The fourth-order valence-electron chi connectivity index (χ4n) is 2.49. The van der Waals surface area contributed by atoms with Crippen LogP contribution in [0.4, 0.5) is 0 Å². The van der Waals surface area contributed by atoms with Crippen molar-refractivity contribution in [3.05, 3.63) is 0 Å². The lowest BCUT2D eigenvalue weighted by Crippen LogP contribution is -2.28. The molecule has 0 bridgehead atoms. The Bertz CT molecular complexity index is 114. The van der Waals surface area contributed by atoms with Crippen molar-refractivity contribution in [1.82, 2.24) is 5.32 Å². The first-order valence-electron chi connectivity index (χ1n) is 6.07. The molecule has 0 aromatic heterocycles. The molecule has 0 aromatic carbocycles. The van der Waals surface area contributed by atoms with Gasteiger partial charge in [0.15, 0.2) is 0 Å². The molecule has 0 radical (unpaired) electrons. The Labute approximate surface area is 83.3 Å². The minimum Gasteiger partial charge on any atom is -0.317 e. The van der Waals surface area contributed by atoms with Gasteiger partial charge in [0.2, 0.25) is 0 Å². The minimum absolute atomic E-state index is 1.01. The molecule has 13 heavy (non-hydrogen) atoms. The Kier molecular flexibility index (Phi) is 5.45. The maximum atomic E-state index is 3.44. The molecule has 1 fully saturated rings. The summed E-state index contributed by atoms with van der Waals surface area (Å²) in [5, 5.41) is 3.44. The van der Waals surface area contributed by atoms with Gasteiger partial charge in [-0.1, -0.05) is 33.1 Å². The zero-order valence-electron chi connectivity index (χ0n) is 9.31. The quantitative estimate of drug-likeness (QED) is 0.690. The van der Waals surface area contributed by atoms with Crippen molar-refractivity contribution < 1.29 is 0 Å². The highest BCUT2D eigenvalue weighted by molar-refractivity contribution is 4.71. The van der Waals surface area contributed by atoms with Gasteiger partial charge in [-0.05, 0) is 44.2 Å². The van der Waals surface area contributed by atoms with E-state index in [1.165, 1.54) is 51.6 Å². The van der Waals surface area contributed by atoms with E-state index < -0.39 is 0 Å². The van der Waals surface area contributed by atoms with Crippen molar-refractivity contribution in [2.24, 2.45) is 11.8 Å². The van der Waals surface area contributed by atoms with Crippen molar-refractivity contribution in [2.75, 3.05) is 13.1 Å². The van der Waals surface area contributed by atoms with Crippen LogP contribution in [0.25, 0.3) is 0 Å². The summed E-state index contributed by atoms with van der Waals surface area (Å²) in [6.07, 6.45) is 8.52. The fourth-order valence-corrected chi connectivity index (χ4v) is 2.49. The molecular formula is C12H25N. The SMILES string of the molecule is CCCC(CC)CC1CCNCC1. The van der Waals surface area contributed by atoms with Gasteiger partial charge in [-0.3, -0.25) is 0 Å². The van der Waals surface area contributed by atoms with Crippen LogP contribution < -0.4 is 5.32 Å². The van der Waals surface area contributed by atoms with Gasteiger partial charge >= 0.3 is 0 Å². The fraction of sp³-hybridized carbons (Fsp3) is 1.00. The van der Waals surface area contributed by atoms with Crippen LogP contribution in [0, 0.1) is 11.8 Å². The molecule has 0 amide bonds. The van der Waals surface area contributed by atoms with E-state index in [9.17, 15) is 0 Å². The molecule has 0 aromatic rings. The number of hydrogen-bond donors (Lipinski definition) is 1. The first kappa shape index (κ1) is 11.0. The number of rotatable bonds is 5. The van der Waals surface area contributed by atoms with E-state index in [2.05, 4.69) is 19.2 Å². The van der Waals surface area contributed by atoms with Gasteiger partial charge in [-0.15, -0.1) is 0 Å². The molecule has 1 aliphatic rings. The first-order chi connectivity index (χ1) is 6.36. The van der Waals surface area contributed by atoms with Gasteiger partial charge in [-0.25, -0.2) is 0 Å². The third kappa shape index (κ3) is 4.12. The molecule has 1 N–H and O–H groups in total. The van der Waals surface area contributed by atoms with E-state index in [0.717, 1.165) is 11.8 Å². The molecule has 1 unspecified atom stereocenters. The van der Waals surface area contributed by atoms with E-state index in [0.29, 0.717) is 0 Å². The Hall–Kier alpha value is -0.0400. The zero-order valence-corrected chi connectivity index (χ0v) is 9.31. The minimum atomic E-state index is 1.01. The van der Waals surface area contributed by atoms with Crippen molar-refractivity contribution in [1.29, 1.82) is 0 Å². The van der Waals surface area contributed by atoms with Crippen LogP contribution >= 0.6 is 0 Å². The summed E-state index contributed by atoms with van der Waals surface area (Å²) in [5.41, 5.74) is 0. The third-order valence-corrected chi connectivity index (χ3v) is 3.40. The normalized spacial score (nSPS) is 21.7. The van der Waals surface area contributed by atoms with Crippen molar-refractivity contribution in [3.63, 3.8) is 0 Å². The molecule has 0 spiro atoms. The average Bonchev–Trinajstić information content (AvgIpc) is 2.19. The van der Waals surface area contributed by atoms with Crippen molar-refractivity contribution in [2.45, 2.75) is 52.4 Å². The van der Waals surface area contributed by atoms with E-state index in [1.807, 2.05) is 0 Å². The van der Waals surface area contributed by atoms with Crippen LogP contribution in [0.5, 0.6) is 0 Å². The van der Waals surface area contributed by atoms with Crippen LogP contribution in [0.3, 0.4) is 0 Å². The molecular weight excluding hydrogens is 158 g/mol. The molecule has 1 heteroatoms. The Morgan fingerprint density at radius 3 is 2.46 bits per heavy atom. The summed E-state index contributed by atoms with van der Waals surface area (Å²) in [6, 6.07) is 0. The third-order valence-electron chi connectivity index (χ3n) is 3.40. The zero-order chi connectivity index (χ0) is 9.52. The molecule has 78 valence electrons. The molecule has 0 aliphatic carbocycles. The monoisotopic (exact) mass is 183 g/mol. The number of hydrogen-bond acceptors (Lipinski definition) is 1. The van der Waals surface area contributed by atoms with Crippen LogP contribution in [-0.2, 0) is 0 Å². The maximum Gasteiger partial charge on any atom is -0.00463 e. The van der Waals surface area contributed by atoms with Gasteiger partial charge in [0.05, 0.1) is 0 Å². The molecule has 1 heterocycles. The second-order valence-corrected chi connectivity index (χ2v) is 4.49. The highest BCUT2D eigenvalue weighted by atomic mass is 14.9. The summed E-state index contributed by atoms with van der Waals surface area (Å²) >= 11 is 0. The average molecular weight is 183 g/mol. The second kappa shape index (κ2) is 6.42. The first-order valence-corrected chi connectivity index (χ1v) is 6.07. The predicted octanol–water partition coefficient (Wildman–Crippen LogP) is 3.20. The van der Waals surface area contributed by atoms with E-state index >= 15 is 0 Å². The Morgan fingerprint density at radius 1 is 1.23 bits per heavy atom. The van der Waals surface area contributed by atoms with Gasteiger partial charge in [0.25, 0.3) is 0 Å². The highest BCUT2D eigenvalue weighted by Gasteiger charge is 2.16. The lowest BCUT2D eigenvalue weighted by molar-refractivity contribution is 0.283. The van der Waals surface area contributed by atoms with Gasteiger partial charge in [0.1, 0.15) is 0 Å². The van der Waals surface area contributed by atoms with Gasteiger partial charge in [-0.2, -0.15) is 0 Å². The van der Waals surface area contributed by atoms with Crippen LogP contribution in [-0.4, -0.2) is 13.1 Å². The van der Waals surface area contributed by atoms with Gasteiger partial charge < -0.3 is 5.32 Å². The molecule has 1 saturated heterocycles. The smallest absolute Gasteiger partial charge is 0.00463 e. The molecule has 1 atom stereocenters. The molecule has 1 rings (SSSR count). The highest BCUT2D eigenvalue weighted by Crippen LogP contribution is 2.25. The summed E-state index contributed by atoms with van der Waals surface area (Å²) in [5.74, 6) is 2.03. The standard InChI is InChI=1S/C12H25N/c1-3-5-11(4-2)10-12-6-8-13-9-7-12/h11-13H,3-10H2,1-2H3. The molecule has 1 aliphatic heterocycles. The summed E-state index contributed by atoms with van der Waals surface area (Å²) in [4.78, 5) is 0. The van der Waals surface area contributed by atoms with E-state index in [4.69, 9.17) is 0 Å². The second-order valence-electron chi connectivity index (χ2n) is 4.49. The Morgan fingerprint density at radius 2 is 1.92 bits per heavy atom. The largest absolute Gasteiger partial charge is 0.317 e. The number of nitrogens with one attached hydrogen (secondary N) is 1. The van der Waals surface area contributed by atoms with E-state index in [1.54, 1.807) is 0 Å². The molecule has 0 saturated carbocycles. The van der Waals surface area contributed by atoms with Crippen LogP contribution in [0.1, 0.15) is 52.4 Å². The lowest BCUT2D eigenvalue weighted by Gasteiger charge is -2.26. The maximum absolute atomic E-state index is 3.44. The predicted molar refractivity (Wildman–Crippen MR) is 58.9 cm³/mol. The van der Waals surface area contributed by atoms with Gasteiger partial charge in [0, 0.05) is 0 Å². The topological polar surface area (TPSA) is 12.0 Å². The van der Waals surface area contributed by atoms with Crippen molar-refractivity contribution >= 4 is 0 Å². The van der Waals surface area contributed by atoms with Crippen LogP contribution in [0.15, 0.2) is 0 Å². The van der Waals surface area contributed by atoms with Crippen LogP contribution in [0.2, 0.25) is 0 Å². The number of piperidine rings is 1. The molecule has 1 nitrogen and oxygen atoms in total. The summed E-state index contributed by atoms with van der Waals surface area (Å²) in [6.45, 7) is 7.17. The summed E-state index contributed by atoms with van der Waals surface area (Å²) < 4.78 is 0. The van der Waals surface area contributed by atoms with Crippen molar-refractivity contribution in [3.8, 4) is 0 Å². The lowest BCUT2D eigenvalue weighted by atomic mass is 9.84. The Balaban J connectivity index is 2.18. The van der Waals surface area contributed by atoms with E-state index in [-0.39, 0.29) is 0 Å².